The van der Waals surface area contributed by atoms with Crippen LogP contribution in [0.4, 0.5) is 0 Å². The van der Waals surface area contributed by atoms with Gasteiger partial charge in [-0.25, -0.2) is 0 Å². The van der Waals surface area contributed by atoms with Crippen LogP contribution in [-0.4, -0.2) is 35.5 Å². The molecule has 0 saturated heterocycles. The van der Waals surface area contributed by atoms with E-state index < -0.39 is 0 Å². The molecule has 6 nitrogen and oxygen atoms in total. The summed E-state index contributed by atoms with van der Waals surface area (Å²) in [5, 5.41) is 3.02. The number of nitrogens with one attached hydrogen (secondary N) is 2. The van der Waals surface area contributed by atoms with Crippen molar-refractivity contribution in [3.63, 3.8) is 0 Å². The summed E-state index contributed by atoms with van der Waals surface area (Å²) in [6.07, 6.45) is 0. The monoisotopic (exact) mass is 650 g/mol. The standard InChI is InChI=1S/C34H22N2O4S4/c37-31-24-12-6-10-22(30-34(40-16-18-42)20-8-2-4-14-26(20)44-36-30)28(24)32(38)23-11-5-9-21(27(23)31)29-33(39-15-17-41)19-7-1-3-13-25(19)43-35-29/h1-14,17-18,35-36H,15-16H2. The van der Waals surface area contributed by atoms with Crippen LogP contribution in [0.5, 0.6) is 0 Å². The van der Waals surface area contributed by atoms with E-state index in [1.165, 1.54) is 34.6 Å². The number of thiocarbonyl (C=S) groups is 2. The lowest BCUT2D eigenvalue weighted by Crippen LogP contribution is -2.27. The molecule has 7 rings (SSSR count). The summed E-state index contributed by atoms with van der Waals surface area (Å²) in [4.78, 5) is 30.8. The maximum atomic E-state index is 14.4. The van der Waals surface area contributed by atoms with E-state index in [1.807, 2.05) is 60.7 Å². The van der Waals surface area contributed by atoms with Gasteiger partial charge >= 0.3 is 0 Å². The molecule has 10 heteroatoms. The predicted molar refractivity (Wildman–Crippen MR) is 183 cm³/mol. The lowest BCUT2D eigenvalue weighted by atomic mass is 9.78. The number of hydrogen-bond acceptors (Lipinski definition) is 10. The number of ketones is 2. The molecule has 0 amide bonds. The molecular weight excluding hydrogens is 629 g/mol. The Balaban J connectivity index is 1.40. The van der Waals surface area contributed by atoms with Gasteiger partial charge in [0.1, 0.15) is 13.2 Å². The van der Waals surface area contributed by atoms with Crippen molar-refractivity contribution in [3.05, 3.63) is 129 Å². The molecule has 2 N–H and O–H groups in total. The van der Waals surface area contributed by atoms with Gasteiger partial charge in [0.2, 0.25) is 0 Å². The Hall–Kier alpha value is -4.22. The largest absolute Gasteiger partial charge is 0.486 e. The van der Waals surface area contributed by atoms with Gasteiger partial charge < -0.3 is 18.9 Å². The highest BCUT2D eigenvalue weighted by atomic mass is 32.2. The Bertz CT molecular complexity index is 1830. The third-order valence-electron chi connectivity index (χ3n) is 7.45. The highest BCUT2D eigenvalue weighted by Crippen LogP contribution is 2.44. The molecule has 216 valence electrons. The maximum Gasteiger partial charge on any atom is 0.195 e. The van der Waals surface area contributed by atoms with Gasteiger partial charge in [-0.1, -0.05) is 85.1 Å². The van der Waals surface area contributed by atoms with Gasteiger partial charge in [0.05, 0.1) is 11.4 Å². The molecule has 1 aliphatic carbocycles. The molecule has 2 heterocycles. The number of carbonyl (C=O) groups is 2. The summed E-state index contributed by atoms with van der Waals surface area (Å²) in [7, 11) is 0. The van der Waals surface area contributed by atoms with Crippen molar-refractivity contribution in [2.75, 3.05) is 13.2 Å². The molecule has 4 aromatic carbocycles. The molecule has 0 aromatic heterocycles. The minimum Gasteiger partial charge on any atom is -0.486 e. The van der Waals surface area contributed by atoms with Crippen molar-refractivity contribution in [1.82, 2.24) is 9.44 Å². The van der Waals surface area contributed by atoms with E-state index in [0.717, 1.165) is 20.9 Å². The highest BCUT2D eigenvalue weighted by molar-refractivity contribution is 7.98. The second kappa shape index (κ2) is 12.0. The summed E-state index contributed by atoms with van der Waals surface area (Å²) >= 11 is 12.9. The molecule has 0 radical (unpaired) electrons. The van der Waals surface area contributed by atoms with Gasteiger partial charge in [-0.05, 0) is 48.2 Å². The van der Waals surface area contributed by atoms with E-state index >= 15 is 0 Å². The minimum atomic E-state index is -0.245. The first kappa shape index (κ1) is 28.5. The van der Waals surface area contributed by atoms with Gasteiger partial charge in [-0.2, -0.15) is 0 Å². The average Bonchev–Trinajstić information content (AvgIpc) is 3.07. The van der Waals surface area contributed by atoms with Gasteiger partial charge in [-0.15, -0.1) is 0 Å². The van der Waals surface area contributed by atoms with Gasteiger partial charge in [0, 0.05) is 65.0 Å². The fraction of sp³-hybridized carbons (Fsp3) is 0.0588. The number of ether oxygens (including phenoxy) is 2. The van der Waals surface area contributed by atoms with Crippen LogP contribution in [0.1, 0.15) is 54.1 Å². The minimum absolute atomic E-state index is 0.208. The third-order valence-corrected chi connectivity index (χ3v) is 9.48. The lowest BCUT2D eigenvalue weighted by Gasteiger charge is -2.29. The Kier molecular flexibility index (Phi) is 7.82. The molecule has 0 fully saturated rings. The first-order valence-corrected chi connectivity index (χ1v) is 16.2. The van der Waals surface area contributed by atoms with Gasteiger partial charge in [0.25, 0.3) is 0 Å². The molecule has 4 aromatic rings. The molecule has 0 unspecified atom stereocenters. The zero-order chi connectivity index (χ0) is 30.2. The molecule has 0 spiro atoms. The number of benzene rings is 4. The maximum absolute atomic E-state index is 14.4. The quantitative estimate of drug-likeness (QED) is 0.131. The van der Waals surface area contributed by atoms with Crippen LogP contribution >= 0.6 is 48.3 Å². The van der Waals surface area contributed by atoms with Crippen molar-refractivity contribution in [2.45, 2.75) is 9.79 Å². The van der Waals surface area contributed by atoms with E-state index in [1.54, 1.807) is 24.3 Å². The average molecular weight is 651 g/mol. The van der Waals surface area contributed by atoms with E-state index in [4.69, 9.17) is 33.9 Å². The highest BCUT2D eigenvalue weighted by Gasteiger charge is 2.37. The van der Waals surface area contributed by atoms with Crippen molar-refractivity contribution >= 4 is 93.5 Å². The summed E-state index contributed by atoms with van der Waals surface area (Å²) in [6, 6.07) is 26.4. The summed E-state index contributed by atoms with van der Waals surface area (Å²) in [5.41, 5.74) is 5.48. The lowest BCUT2D eigenvalue weighted by molar-refractivity contribution is 0.0978. The third kappa shape index (κ3) is 4.75. The fourth-order valence-corrected chi connectivity index (χ4v) is 7.41. The molecule has 44 heavy (non-hydrogen) atoms. The van der Waals surface area contributed by atoms with Crippen LogP contribution in [0.25, 0.3) is 22.9 Å². The number of hydrogen-bond donors (Lipinski definition) is 2. The Labute approximate surface area is 273 Å². The molecule has 0 saturated carbocycles. The zero-order valence-corrected chi connectivity index (χ0v) is 26.2. The fourth-order valence-electron chi connectivity index (χ4n) is 5.61. The van der Waals surface area contributed by atoms with Gasteiger partial charge in [0.15, 0.2) is 23.1 Å². The van der Waals surface area contributed by atoms with E-state index in [0.29, 0.717) is 56.3 Å². The van der Waals surface area contributed by atoms with Crippen LogP contribution in [0.2, 0.25) is 0 Å². The molecule has 3 aliphatic rings. The smallest absolute Gasteiger partial charge is 0.195 e. The first-order valence-electron chi connectivity index (χ1n) is 13.6. The topological polar surface area (TPSA) is 76.7 Å². The Morgan fingerprint density at radius 2 is 0.932 bits per heavy atom. The molecule has 0 atom stereocenters. The van der Waals surface area contributed by atoms with Crippen LogP contribution in [0.3, 0.4) is 0 Å². The molecule has 0 bridgehead atoms. The van der Waals surface area contributed by atoms with Crippen LogP contribution < -0.4 is 9.44 Å². The van der Waals surface area contributed by atoms with Gasteiger partial charge in [-0.3, -0.25) is 9.59 Å². The Morgan fingerprint density at radius 1 is 0.545 bits per heavy atom. The Morgan fingerprint density at radius 3 is 1.36 bits per heavy atom. The summed E-state index contributed by atoms with van der Waals surface area (Å²) in [5.74, 6) is 0.651. The SMILES string of the molecule is O=C1c2cccc(C3=C(OCC=S)c4ccccc4SN3)c2C(=O)c2cccc(C3=C(OCC=S)c4ccccc4SN3)c21. The van der Waals surface area contributed by atoms with E-state index in [2.05, 4.69) is 9.44 Å². The van der Waals surface area contributed by atoms with Crippen molar-refractivity contribution in [3.8, 4) is 0 Å². The molecule has 2 aliphatic heterocycles. The predicted octanol–water partition coefficient (Wildman–Crippen LogP) is 7.37. The number of carbonyl (C=O) groups excluding carboxylic acids is 2. The van der Waals surface area contributed by atoms with E-state index in [-0.39, 0.29) is 24.8 Å². The van der Waals surface area contributed by atoms with Crippen LogP contribution in [-0.2, 0) is 9.47 Å². The van der Waals surface area contributed by atoms with Crippen molar-refractivity contribution in [2.24, 2.45) is 0 Å². The van der Waals surface area contributed by atoms with Crippen molar-refractivity contribution in [1.29, 1.82) is 0 Å². The van der Waals surface area contributed by atoms with Crippen LogP contribution in [0.15, 0.2) is 94.7 Å². The number of rotatable bonds is 8. The summed E-state index contributed by atoms with van der Waals surface area (Å²) in [6.45, 7) is 0.416. The first-order chi connectivity index (χ1) is 21.6. The normalized spacial score (nSPS) is 14.8. The van der Waals surface area contributed by atoms with Crippen LogP contribution in [0, 0.1) is 0 Å². The second-order valence-electron chi connectivity index (χ2n) is 9.88. The molecular formula is C34H22N2O4S4. The van der Waals surface area contributed by atoms with Crippen molar-refractivity contribution < 1.29 is 19.1 Å². The zero-order valence-electron chi connectivity index (χ0n) is 22.9. The van der Waals surface area contributed by atoms with E-state index in [9.17, 15) is 9.59 Å². The second-order valence-corrected chi connectivity index (χ2v) is 12.2. The summed E-state index contributed by atoms with van der Waals surface area (Å²) < 4.78 is 19.0. The number of fused-ring (bicyclic) bond motifs is 4.